The highest BCUT2D eigenvalue weighted by Gasteiger charge is 2.26. The maximum absolute atomic E-state index is 11.2. The number of carbonyl (C=O) groups excluding carboxylic acids is 1. The molecule has 0 spiro atoms. The molecule has 1 aromatic carbocycles. The van der Waals surface area contributed by atoms with Gasteiger partial charge in [-0.25, -0.2) is 4.79 Å². The molecule has 0 aliphatic carbocycles. The fourth-order valence-corrected chi connectivity index (χ4v) is 1.48. The van der Waals surface area contributed by atoms with Crippen LogP contribution in [0.15, 0.2) is 24.3 Å². The third kappa shape index (κ3) is 2.73. The van der Waals surface area contributed by atoms with E-state index in [0.29, 0.717) is 10.6 Å². The van der Waals surface area contributed by atoms with Crippen LogP contribution in [0, 0.1) is 0 Å². The third-order valence-electron chi connectivity index (χ3n) is 2.30. The van der Waals surface area contributed by atoms with Crippen molar-refractivity contribution in [2.24, 2.45) is 0 Å². The number of nitrogens with zero attached hydrogens (tertiary/aromatic N) is 1. The molecule has 0 aromatic heterocycles. The second-order valence-electron chi connectivity index (χ2n) is 3.42. The summed E-state index contributed by atoms with van der Waals surface area (Å²) in [4.78, 5) is 23.4. The number of carboxylic acids is 1. The molecule has 1 N–H and O–H groups in total. The lowest BCUT2D eigenvalue weighted by Crippen LogP contribution is -2.34. The lowest BCUT2D eigenvalue weighted by Gasteiger charge is -2.23. The third-order valence-corrected chi connectivity index (χ3v) is 2.56. The number of rotatable bonds is 3. The molecule has 5 heteroatoms. The molecule has 1 amide bonds. The van der Waals surface area contributed by atoms with Crippen LogP contribution in [0.4, 0.5) is 0 Å². The fraction of sp³-hybridized carbons (Fsp3) is 0.273. The van der Waals surface area contributed by atoms with Crippen LogP contribution < -0.4 is 0 Å². The SMILES string of the molecule is CC(=O)N(C)C(C(=O)O)c1ccc(Cl)cc1. The number of likely N-dealkylation sites (N-methyl/N-ethyl adjacent to an activating group) is 1. The van der Waals surface area contributed by atoms with Gasteiger partial charge in [-0.2, -0.15) is 0 Å². The number of halogens is 1. The van der Waals surface area contributed by atoms with Crippen LogP contribution in [0.3, 0.4) is 0 Å². The van der Waals surface area contributed by atoms with E-state index in [1.54, 1.807) is 24.3 Å². The zero-order chi connectivity index (χ0) is 12.3. The van der Waals surface area contributed by atoms with E-state index in [0.717, 1.165) is 0 Å². The van der Waals surface area contributed by atoms with Gasteiger partial charge in [0.15, 0.2) is 6.04 Å². The number of aliphatic carboxylic acids is 1. The van der Waals surface area contributed by atoms with Gasteiger partial charge >= 0.3 is 5.97 Å². The number of carbonyl (C=O) groups is 2. The predicted molar refractivity (Wildman–Crippen MR) is 60.3 cm³/mol. The highest BCUT2D eigenvalue weighted by atomic mass is 35.5. The molecule has 1 rings (SSSR count). The van der Waals surface area contributed by atoms with Gasteiger partial charge in [-0.3, -0.25) is 4.79 Å². The number of hydrogen-bond donors (Lipinski definition) is 1. The summed E-state index contributed by atoms with van der Waals surface area (Å²) in [5.74, 6) is -1.37. The van der Waals surface area contributed by atoms with Crippen LogP contribution in [0.1, 0.15) is 18.5 Å². The molecule has 1 atom stereocenters. The summed E-state index contributed by atoms with van der Waals surface area (Å²) in [6, 6.07) is 5.41. The highest BCUT2D eigenvalue weighted by Crippen LogP contribution is 2.21. The van der Waals surface area contributed by atoms with Crippen molar-refractivity contribution in [3.63, 3.8) is 0 Å². The highest BCUT2D eigenvalue weighted by molar-refractivity contribution is 6.30. The normalized spacial score (nSPS) is 11.9. The van der Waals surface area contributed by atoms with Crippen LogP contribution in [0.2, 0.25) is 5.02 Å². The van der Waals surface area contributed by atoms with E-state index in [1.165, 1.54) is 18.9 Å². The van der Waals surface area contributed by atoms with Crippen LogP contribution in [0.25, 0.3) is 0 Å². The Morgan fingerprint density at radius 2 is 1.81 bits per heavy atom. The predicted octanol–water partition coefficient (Wildman–Crippen LogP) is 1.94. The molecule has 0 saturated carbocycles. The molecule has 86 valence electrons. The minimum absolute atomic E-state index is 0.303. The molecule has 16 heavy (non-hydrogen) atoms. The molecular weight excluding hydrogens is 230 g/mol. The summed E-state index contributed by atoms with van der Waals surface area (Å²) < 4.78 is 0. The number of benzene rings is 1. The Labute approximate surface area is 98.4 Å². The average molecular weight is 242 g/mol. The first-order valence-corrected chi connectivity index (χ1v) is 5.03. The molecule has 0 aliphatic heterocycles. The van der Waals surface area contributed by atoms with E-state index >= 15 is 0 Å². The molecule has 0 saturated heterocycles. The van der Waals surface area contributed by atoms with Gasteiger partial charge in [-0.05, 0) is 17.7 Å². The largest absolute Gasteiger partial charge is 0.479 e. The number of carboxylic acid groups (broad SMARTS) is 1. The molecule has 1 unspecified atom stereocenters. The van der Waals surface area contributed by atoms with Crippen molar-refractivity contribution in [3.8, 4) is 0 Å². The van der Waals surface area contributed by atoms with Crippen molar-refractivity contribution < 1.29 is 14.7 Å². The summed E-state index contributed by atoms with van der Waals surface area (Å²) in [7, 11) is 1.45. The standard InChI is InChI=1S/C11H12ClNO3/c1-7(14)13(2)10(11(15)16)8-3-5-9(12)6-4-8/h3-6,10H,1-2H3,(H,15,16). The average Bonchev–Trinajstić information content (AvgIpc) is 2.20. The quantitative estimate of drug-likeness (QED) is 0.880. The van der Waals surface area contributed by atoms with E-state index < -0.39 is 12.0 Å². The maximum atomic E-state index is 11.2. The summed E-state index contributed by atoms with van der Waals surface area (Å²) in [6.07, 6.45) is 0. The maximum Gasteiger partial charge on any atom is 0.331 e. The van der Waals surface area contributed by atoms with Gasteiger partial charge in [0, 0.05) is 19.0 Å². The number of amides is 1. The Balaban J connectivity index is 3.07. The molecule has 0 radical (unpaired) electrons. The van der Waals surface area contributed by atoms with E-state index in [4.69, 9.17) is 16.7 Å². The van der Waals surface area contributed by atoms with Gasteiger partial charge in [0.2, 0.25) is 5.91 Å². The van der Waals surface area contributed by atoms with Crippen LogP contribution in [-0.2, 0) is 9.59 Å². The van der Waals surface area contributed by atoms with E-state index in [2.05, 4.69) is 0 Å². The van der Waals surface area contributed by atoms with E-state index in [1.807, 2.05) is 0 Å². The molecule has 0 fully saturated rings. The first-order valence-electron chi connectivity index (χ1n) is 4.65. The van der Waals surface area contributed by atoms with Gasteiger partial charge in [0.1, 0.15) is 0 Å². The second-order valence-corrected chi connectivity index (χ2v) is 3.86. The Morgan fingerprint density at radius 1 is 1.31 bits per heavy atom. The first kappa shape index (κ1) is 12.5. The summed E-state index contributed by atoms with van der Waals surface area (Å²) in [5.41, 5.74) is 0.523. The zero-order valence-electron chi connectivity index (χ0n) is 8.98. The fourth-order valence-electron chi connectivity index (χ4n) is 1.36. The van der Waals surface area contributed by atoms with Crippen molar-refractivity contribution in [3.05, 3.63) is 34.9 Å². The zero-order valence-corrected chi connectivity index (χ0v) is 9.73. The topological polar surface area (TPSA) is 57.6 Å². The van der Waals surface area contributed by atoms with Gasteiger partial charge in [-0.15, -0.1) is 0 Å². The van der Waals surface area contributed by atoms with Crippen LogP contribution in [0.5, 0.6) is 0 Å². The molecule has 0 heterocycles. The Bertz CT molecular complexity index is 402. The van der Waals surface area contributed by atoms with E-state index in [-0.39, 0.29) is 5.91 Å². The lowest BCUT2D eigenvalue weighted by atomic mass is 10.1. The van der Waals surface area contributed by atoms with Crippen molar-refractivity contribution in [1.29, 1.82) is 0 Å². The molecule has 0 bridgehead atoms. The molecule has 1 aromatic rings. The van der Waals surface area contributed by atoms with Gasteiger partial charge in [-0.1, -0.05) is 23.7 Å². The van der Waals surface area contributed by atoms with Crippen molar-refractivity contribution in [2.45, 2.75) is 13.0 Å². The van der Waals surface area contributed by atoms with Gasteiger partial charge in [0.05, 0.1) is 0 Å². The van der Waals surface area contributed by atoms with Crippen LogP contribution in [-0.4, -0.2) is 28.9 Å². The van der Waals surface area contributed by atoms with Gasteiger partial charge < -0.3 is 10.0 Å². The second kappa shape index (κ2) is 4.99. The van der Waals surface area contributed by atoms with Gasteiger partial charge in [0.25, 0.3) is 0 Å². The molecular formula is C11H12ClNO3. The van der Waals surface area contributed by atoms with Crippen molar-refractivity contribution >= 4 is 23.5 Å². The monoisotopic (exact) mass is 241 g/mol. The summed E-state index contributed by atoms with van der Waals surface area (Å²) in [6.45, 7) is 1.33. The van der Waals surface area contributed by atoms with Crippen molar-refractivity contribution in [2.75, 3.05) is 7.05 Å². The first-order chi connectivity index (χ1) is 7.43. The summed E-state index contributed by atoms with van der Waals surface area (Å²) in [5, 5.41) is 9.61. The smallest absolute Gasteiger partial charge is 0.331 e. The Kier molecular flexibility index (Phi) is 3.90. The minimum atomic E-state index is -1.07. The minimum Gasteiger partial charge on any atom is -0.479 e. The van der Waals surface area contributed by atoms with E-state index in [9.17, 15) is 9.59 Å². The Morgan fingerprint density at radius 3 is 2.19 bits per heavy atom. The van der Waals surface area contributed by atoms with Crippen molar-refractivity contribution in [1.82, 2.24) is 4.90 Å². The number of hydrogen-bond acceptors (Lipinski definition) is 2. The summed E-state index contributed by atoms with van der Waals surface area (Å²) >= 11 is 5.71. The Hall–Kier alpha value is -1.55. The molecule has 4 nitrogen and oxygen atoms in total. The van der Waals surface area contributed by atoms with Crippen LogP contribution >= 0.6 is 11.6 Å². The molecule has 0 aliphatic rings. The lowest BCUT2D eigenvalue weighted by molar-refractivity contribution is -0.148.